The summed E-state index contributed by atoms with van der Waals surface area (Å²) in [6.07, 6.45) is -6.24. The Morgan fingerprint density at radius 2 is 2.21 bits per heavy atom. The maximum Gasteiger partial charge on any atom is 0.391 e. The highest BCUT2D eigenvalue weighted by Crippen LogP contribution is 2.39. The first-order valence-corrected chi connectivity index (χ1v) is 4.19. The zero-order valence-electron chi connectivity index (χ0n) is 7.60. The quantitative estimate of drug-likeness (QED) is 0.761. The average Bonchev–Trinajstić information content (AvgIpc) is 2.27. The van der Waals surface area contributed by atoms with Gasteiger partial charge in [0.1, 0.15) is 0 Å². The lowest BCUT2D eigenvalue weighted by molar-refractivity contribution is -0.187. The van der Waals surface area contributed by atoms with E-state index in [0.29, 0.717) is 0 Å². The number of aliphatic carboxylic acids is 1. The van der Waals surface area contributed by atoms with Crippen LogP contribution in [-0.2, 0) is 9.53 Å². The Kier molecular flexibility index (Phi) is 2.76. The van der Waals surface area contributed by atoms with Crippen LogP contribution < -0.4 is 0 Å². The third-order valence-electron chi connectivity index (χ3n) is 2.21. The Morgan fingerprint density at radius 3 is 2.57 bits per heavy atom. The van der Waals surface area contributed by atoms with Gasteiger partial charge in [0.2, 0.25) is 0 Å². The lowest BCUT2D eigenvalue weighted by Crippen LogP contribution is -2.33. The van der Waals surface area contributed by atoms with Gasteiger partial charge in [-0.05, 0) is 19.8 Å². The van der Waals surface area contributed by atoms with E-state index in [2.05, 4.69) is 0 Å². The van der Waals surface area contributed by atoms with Gasteiger partial charge in [0, 0.05) is 0 Å². The SMILES string of the molecule is CC1(CC(F)(F)F)CCC(C(=O)O)O1. The molecule has 0 amide bonds. The summed E-state index contributed by atoms with van der Waals surface area (Å²) in [4.78, 5) is 10.4. The zero-order chi connectivity index (χ0) is 11.0. The molecule has 1 fully saturated rings. The van der Waals surface area contributed by atoms with Crippen LogP contribution in [0.5, 0.6) is 0 Å². The zero-order valence-corrected chi connectivity index (χ0v) is 7.60. The van der Waals surface area contributed by atoms with Gasteiger partial charge in [0.25, 0.3) is 0 Å². The van der Waals surface area contributed by atoms with Crippen LogP contribution in [-0.4, -0.2) is 29.0 Å². The molecule has 1 heterocycles. The maximum atomic E-state index is 12.1. The van der Waals surface area contributed by atoms with E-state index in [1.54, 1.807) is 0 Å². The lowest BCUT2D eigenvalue weighted by Gasteiger charge is -2.25. The van der Waals surface area contributed by atoms with Gasteiger partial charge < -0.3 is 9.84 Å². The Bertz CT molecular complexity index is 238. The highest BCUT2D eigenvalue weighted by atomic mass is 19.4. The van der Waals surface area contributed by atoms with Gasteiger partial charge >= 0.3 is 12.1 Å². The van der Waals surface area contributed by atoms with Gasteiger partial charge in [0.15, 0.2) is 6.10 Å². The van der Waals surface area contributed by atoms with Crippen molar-refractivity contribution >= 4 is 5.97 Å². The van der Waals surface area contributed by atoms with Crippen LogP contribution in [0, 0.1) is 0 Å². The third kappa shape index (κ3) is 2.87. The molecular formula is C8H11F3O3. The van der Waals surface area contributed by atoms with Crippen molar-refractivity contribution in [2.75, 3.05) is 0 Å². The molecule has 2 atom stereocenters. The summed E-state index contributed by atoms with van der Waals surface area (Å²) in [5.74, 6) is -1.20. The summed E-state index contributed by atoms with van der Waals surface area (Å²) >= 11 is 0. The molecule has 6 heteroatoms. The number of ether oxygens (including phenoxy) is 1. The molecule has 0 aromatic heterocycles. The number of hydrogen-bond acceptors (Lipinski definition) is 2. The van der Waals surface area contributed by atoms with Crippen LogP contribution in [0.25, 0.3) is 0 Å². The van der Waals surface area contributed by atoms with Gasteiger partial charge in [-0.2, -0.15) is 13.2 Å². The molecule has 0 aliphatic carbocycles. The second kappa shape index (κ2) is 3.42. The highest BCUT2D eigenvalue weighted by Gasteiger charge is 2.46. The summed E-state index contributed by atoms with van der Waals surface area (Å²) in [6.45, 7) is 1.30. The molecule has 0 bridgehead atoms. The number of hydrogen-bond donors (Lipinski definition) is 1. The van der Waals surface area contributed by atoms with E-state index < -0.39 is 30.3 Å². The first kappa shape index (κ1) is 11.3. The van der Waals surface area contributed by atoms with E-state index >= 15 is 0 Å². The second-order valence-corrected chi connectivity index (χ2v) is 3.73. The molecule has 14 heavy (non-hydrogen) atoms. The van der Waals surface area contributed by atoms with Crippen LogP contribution >= 0.6 is 0 Å². The highest BCUT2D eigenvalue weighted by molar-refractivity contribution is 5.72. The van der Waals surface area contributed by atoms with Crippen molar-refractivity contribution in [1.82, 2.24) is 0 Å². The molecule has 1 aliphatic rings. The minimum absolute atomic E-state index is 0.128. The van der Waals surface area contributed by atoms with Gasteiger partial charge in [-0.15, -0.1) is 0 Å². The average molecular weight is 212 g/mol. The van der Waals surface area contributed by atoms with Crippen molar-refractivity contribution in [1.29, 1.82) is 0 Å². The number of rotatable bonds is 2. The first-order chi connectivity index (χ1) is 6.22. The van der Waals surface area contributed by atoms with E-state index in [-0.39, 0.29) is 12.8 Å². The van der Waals surface area contributed by atoms with E-state index in [4.69, 9.17) is 9.84 Å². The minimum atomic E-state index is -4.32. The van der Waals surface area contributed by atoms with Gasteiger partial charge in [-0.3, -0.25) is 0 Å². The molecular weight excluding hydrogens is 201 g/mol. The molecule has 1 aliphatic heterocycles. The summed E-state index contributed by atoms with van der Waals surface area (Å²) in [7, 11) is 0. The van der Waals surface area contributed by atoms with E-state index in [1.807, 2.05) is 0 Å². The van der Waals surface area contributed by atoms with Crippen molar-refractivity contribution < 1.29 is 27.8 Å². The van der Waals surface area contributed by atoms with Crippen LogP contribution in [0.15, 0.2) is 0 Å². The van der Waals surface area contributed by atoms with E-state index in [9.17, 15) is 18.0 Å². The monoisotopic (exact) mass is 212 g/mol. The summed E-state index contributed by atoms with van der Waals surface area (Å²) in [5, 5.41) is 8.54. The molecule has 0 spiro atoms. The third-order valence-corrected chi connectivity index (χ3v) is 2.21. The predicted octanol–water partition coefficient (Wildman–Crippen LogP) is 1.96. The second-order valence-electron chi connectivity index (χ2n) is 3.73. The fourth-order valence-corrected chi connectivity index (χ4v) is 1.63. The minimum Gasteiger partial charge on any atom is -0.479 e. The van der Waals surface area contributed by atoms with E-state index in [1.165, 1.54) is 6.92 Å². The largest absolute Gasteiger partial charge is 0.479 e. The van der Waals surface area contributed by atoms with Gasteiger partial charge in [0.05, 0.1) is 12.0 Å². The van der Waals surface area contributed by atoms with Crippen molar-refractivity contribution in [3.63, 3.8) is 0 Å². The maximum absolute atomic E-state index is 12.1. The molecule has 0 radical (unpaired) electrons. The molecule has 0 aromatic carbocycles. The van der Waals surface area contributed by atoms with E-state index in [0.717, 1.165) is 0 Å². The van der Waals surface area contributed by atoms with Crippen LogP contribution in [0.4, 0.5) is 13.2 Å². The molecule has 0 aromatic rings. The number of halogens is 3. The standard InChI is InChI=1S/C8H11F3O3/c1-7(4-8(9,10)11)3-2-5(14-7)6(12)13/h5H,2-4H2,1H3,(H,12,13). The molecule has 3 nitrogen and oxygen atoms in total. The lowest BCUT2D eigenvalue weighted by atomic mass is 9.98. The number of carboxylic acid groups (broad SMARTS) is 1. The number of carbonyl (C=O) groups is 1. The fraction of sp³-hybridized carbons (Fsp3) is 0.875. The molecule has 82 valence electrons. The summed E-state index contributed by atoms with van der Waals surface area (Å²) in [6, 6.07) is 0. The molecule has 1 rings (SSSR count). The molecule has 1 N–H and O–H groups in total. The van der Waals surface area contributed by atoms with Crippen molar-refractivity contribution in [3.05, 3.63) is 0 Å². The van der Waals surface area contributed by atoms with Gasteiger partial charge in [-0.25, -0.2) is 4.79 Å². The molecule has 2 unspecified atom stereocenters. The van der Waals surface area contributed by atoms with Crippen LogP contribution in [0.3, 0.4) is 0 Å². The Balaban J connectivity index is 2.58. The topological polar surface area (TPSA) is 46.5 Å². The Morgan fingerprint density at radius 1 is 1.64 bits per heavy atom. The molecule has 0 saturated carbocycles. The Labute approximate surface area is 78.9 Å². The van der Waals surface area contributed by atoms with Crippen molar-refractivity contribution in [2.45, 2.75) is 44.1 Å². The van der Waals surface area contributed by atoms with Crippen molar-refractivity contribution in [2.24, 2.45) is 0 Å². The summed E-state index contributed by atoms with van der Waals surface area (Å²) in [5.41, 5.74) is -1.37. The first-order valence-electron chi connectivity index (χ1n) is 4.19. The van der Waals surface area contributed by atoms with Gasteiger partial charge in [-0.1, -0.05) is 0 Å². The fourth-order valence-electron chi connectivity index (χ4n) is 1.63. The van der Waals surface area contributed by atoms with Crippen molar-refractivity contribution in [3.8, 4) is 0 Å². The van der Waals surface area contributed by atoms with Crippen LogP contribution in [0.2, 0.25) is 0 Å². The normalized spacial score (nSPS) is 33.3. The van der Waals surface area contributed by atoms with Crippen LogP contribution in [0.1, 0.15) is 26.2 Å². The number of alkyl halides is 3. The predicted molar refractivity (Wildman–Crippen MR) is 40.8 cm³/mol. The number of carboxylic acids is 1. The summed E-state index contributed by atoms with van der Waals surface area (Å²) < 4.78 is 41.0. The molecule has 1 saturated heterocycles. The Hall–Kier alpha value is -0.780. The smallest absolute Gasteiger partial charge is 0.391 e.